The van der Waals surface area contributed by atoms with Gasteiger partial charge in [-0.3, -0.25) is 57.3 Å². The van der Waals surface area contributed by atoms with E-state index >= 15 is 0 Å². The molecule has 0 spiro atoms. The largest absolute Gasteiger partial charge is 0.394 e. The summed E-state index contributed by atoms with van der Waals surface area (Å²) in [5.74, 6) is -3.09. The highest BCUT2D eigenvalue weighted by Crippen LogP contribution is 2.44. The Morgan fingerprint density at radius 3 is 1.02 bits per heavy atom. The molecule has 4 saturated heterocycles. The first-order valence-corrected chi connectivity index (χ1v) is 46.2. The van der Waals surface area contributed by atoms with Crippen LogP contribution in [0.15, 0.2) is 0 Å². The van der Waals surface area contributed by atoms with E-state index in [1.165, 1.54) is 34.5 Å². The monoisotopic (exact) mass is 1810 g/mol. The molecule has 0 bridgehead atoms. The van der Waals surface area contributed by atoms with E-state index in [9.17, 15) is 103 Å². The van der Waals surface area contributed by atoms with Gasteiger partial charge < -0.3 is 150 Å². The summed E-state index contributed by atoms with van der Waals surface area (Å²) < 4.78 is 75.4. The van der Waals surface area contributed by atoms with Crippen molar-refractivity contribution in [3.63, 3.8) is 0 Å². The molecule has 16 unspecified atom stereocenters. The van der Waals surface area contributed by atoms with Crippen LogP contribution in [0.2, 0.25) is 0 Å². The van der Waals surface area contributed by atoms with Gasteiger partial charge in [0, 0.05) is 163 Å². The molecule has 4 aliphatic rings. The van der Waals surface area contributed by atoms with Crippen molar-refractivity contribution in [1.82, 2.24) is 52.8 Å². The molecule has 18 N–H and O–H groups in total. The highest BCUT2D eigenvalue weighted by atomic mass is 31.2. The third kappa shape index (κ3) is 45.3. The van der Waals surface area contributed by atoms with Crippen LogP contribution in [-0.4, -0.2) is 359 Å². The van der Waals surface area contributed by atoms with Gasteiger partial charge >= 0.3 is 7.60 Å². The average molecular weight is 1820 g/mol. The second-order valence-electron chi connectivity index (χ2n) is 32.7. The number of hydrogen-bond acceptors (Lipinski definition) is 32. The molecule has 4 aliphatic heterocycles. The molecule has 0 aromatic heterocycles. The highest BCUT2D eigenvalue weighted by Gasteiger charge is 2.48. The number of aliphatic hydroxyl groups excluding tert-OH is 9. The van der Waals surface area contributed by atoms with Crippen LogP contribution in [0, 0.1) is 11.3 Å². The van der Waals surface area contributed by atoms with Crippen molar-refractivity contribution in [2.24, 2.45) is 11.3 Å². The number of aliphatic hydroxyl groups is 9. The number of nitrogens with zero attached hydrogens (tertiary/aromatic N) is 1. The number of unbranched alkanes of at least 4 members (excludes halogenated alkanes) is 10. The molecule has 0 saturated carbocycles. The standard InChI is InChI=1S/C82H147N10O32P/c1-54-44-58(50-121-125(6,113)114-5)92(46-54)69(106)28-14-12-10-8-7-9-11-13-24-59(99)45-82(51-115-41-29-66(103)86-35-21-32-83-63(100)25-15-18-38-118-79-70(89-55(2)96)76(110)73(107)60(47-93)122-79,52-116-42-30-67(104)87-36-22-33-84-64(101)26-16-19-39-119-80-71(90-56(3)97)77(111)74(108)61(48-94)123-80)53-117-43-31-68(105)88-37-23-34-85-65(102)27-17-20-40-120-81-72(91-57(4)98)78(112)75(109)62(49-95)124-81/h54,58,60-62,70-81,93-95,107-112H,7-53H2,1-6H3,(H,83,100)(H,84,101)(H,85,102)(H,86,103)(H,87,104)(H,88,105)(H,89,96)(H,90,97)(H,91,98)/t54-,58+,60?,61?,62?,70?,71?,72?,73?,74?,75?,76?,77?,78?,79?,80?,81?,82?,125?/m1/s1. The van der Waals surface area contributed by atoms with Crippen LogP contribution in [0.3, 0.4) is 0 Å². The van der Waals surface area contributed by atoms with Crippen molar-refractivity contribution in [3.05, 3.63) is 0 Å². The highest BCUT2D eigenvalue weighted by molar-refractivity contribution is 7.52. The summed E-state index contributed by atoms with van der Waals surface area (Å²) in [5.41, 5.74) is -1.19. The molecule has 4 rings (SSSR count). The van der Waals surface area contributed by atoms with E-state index in [1.807, 2.05) is 4.90 Å². The number of carbonyl (C=O) groups is 11. The topological polar surface area (TPSA) is 600 Å². The predicted octanol–water partition coefficient (Wildman–Crippen LogP) is -1.96. The quantitative estimate of drug-likeness (QED) is 0.0232. The number of rotatable bonds is 68. The fourth-order valence-electron chi connectivity index (χ4n) is 14.6. The summed E-state index contributed by atoms with van der Waals surface area (Å²) in [6.07, 6.45) is -4.11. The molecule has 18 atom stereocenters. The predicted molar refractivity (Wildman–Crippen MR) is 448 cm³/mol. The molecular weight excluding hydrogens is 1670 g/mol. The second kappa shape index (κ2) is 62.9. The maximum Gasteiger partial charge on any atom is 0.327 e. The number of likely N-dealkylation sites (tertiary alicyclic amines) is 1. The van der Waals surface area contributed by atoms with Crippen LogP contribution in [0.4, 0.5) is 0 Å². The van der Waals surface area contributed by atoms with Crippen molar-refractivity contribution >= 4 is 72.5 Å². The third-order valence-electron chi connectivity index (χ3n) is 21.6. The zero-order valence-corrected chi connectivity index (χ0v) is 74.8. The molecule has 0 aromatic rings. The fraction of sp³-hybridized carbons (Fsp3) is 0.866. The van der Waals surface area contributed by atoms with Crippen LogP contribution in [0.25, 0.3) is 0 Å². The van der Waals surface area contributed by atoms with Crippen LogP contribution >= 0.6 is 7.60 Å². The molecule has 722 valence electrons. The number of carbonyl (C=O) groups excluding carboxylic acids is 11. The number of ether oxygens (including phenoxy) is 9. The minimum atomic E-state index is -3.19. The van der Waals surface area contributed by atoms with E-state index in [0.29, 0.717) is 83.1 Å². The smallest absolute Gasteiger partial charge is 0.327 e. The lowest BCUT2D eigenvalue weighted by Crippen LogP contribution is -2.64. The Bertz CT molecular complexity index is 2970. The zero-order chi connectivity index (χ0) is 92.1. The van der Waals surface area contributed by atoms with Gasteiger partial charge in [-0.2, -0.15) is 0 Å². The number of ketones is 1. The van der Waals surface area contributed by atoms with Crippen molar-refractivity contribution in [2.75, 3.05) is 145 Å². The maximum absolute atomic E-state index is 14.2. The van der Waals surface area contributed by atoms with Crippen LogP contribution in [-0.2, 0) is 109 Å². The molecule has 43 heteroatoms. The molecular formula is C82H147N10O32P. The summed E-state index contributed by atoms with van der Waals surface area (Å²) in [4.78, 5) is 142. The zero-order valence-electron chi connectivity index (χ0n) is 73.9. The van der Waals surface area contributed by atoms with Crippen molar-refractivity contribution < 1.29 is 155 Å². The van der Waals surface area contributed by atoms with E-state index in [1.54, 1.807) is 0 Å². The fourth-order valence-corrected chi connectivity index (χ4v) is 15.1. The summed E-state index contributed by atoms with van der Waals surface area (Å²) in [6.45, 7) is 7.03. The Morgan fingerprint density at radius 2 is 0.712 bits per heavy atom. The summed E-state index contributed by atoms with van der Waals surface area (Å²) in [6, 6.07) is -3.46. The van der Waals surface area contributed by atoms with Gasteiger partial charge in [0.2, 0.25) is 59.1 Å². The van der Waals surface area contributed by atoms with Gasteiger partial charge in [0.05, 0.1) is 72.1 Å². The molecule has 4 fully saturated rings. The summed E-state index contributed by atoms with van der Waals surface area (Å²) in [5, 5.41) is 116. The molecule has 0 aliphatic carbocycles. The first kappa shape index (κ1) is 111. The van der Waals surface area contributed by atoms with Crippen LogP contribution < -0.4 is 47.9 Å². The summed E-state index contributed by atoms with van der Waals surface area (Å²) >= 11 is 0. The first-order valence-electron chi connectivity index (χ1n) is 44.2. The van der Waals surface area contributed by atoms with E-state index in [4.69, 9.17) is 51.7 Å². The van der Waals surface area contributed by atoms with Gasteiger partial charge in [0.1, 0.15) is 78.8 Å². The third-order valence-corrected chi connectivity index (χ3v) is 22.9. The van der Waals surface area contributed by atoms with Crippen LogP contribution in [0.1, 0.15) is 201 Å². The average Bonchev–Trinajstić information content (AvgIpc) is 1.57. The molecule has 10 amide bonds. The first-order chi connectivity index (χ1) is 59.8. The van der Waals surface area contributed by atoms with Gasteiger partial charge in [-0.15, -0.1) is 0 Å². The van der Waals surface area contributed by atoms with Gasteiger partial charge in [0.15, 0.2) is 18.9 Å². The summed E-state index contributed by atoms with van der Waals surface area (Å²) in [7, 11) is -1.86. The second-order valence-corrected chi connectivity index (χ2v) is 34.9. The molecule has 42 nitrogen and oxygen atoms in total. The number of nitrogens with one attached hydrogen (secondary N) is 9. The van der Waals surface area contributed by atoms with Gasteiger partial charge in [0.25, 0.3) is 0 Å². The van der Waals surface area contributed by atoms with Gasteiger partial charge in [-0.1, -0.05) is 45.4 Å². The molecule has 4 heterocycles. The van der Waals surface area contributed by atoms with E-state index < -0.39 is 142 Å². The van der Waals surface area contributed by atoms with Crippen molar-refractivity contribution in [3.8, 4) is 0 Å². The van der Waals surface area contributed by atoms with E-state index in [2.05, 4.69) is 54.8 Å². The molecule has 125 heavy (non-hydrogen) atoms. The Balaban J connectivity index is 1.31. The number of Topliss-reactive ketones (excluding diaryl/α,β-unsaturated/α-hetero) is 1. The molecule has 0 radical (unpaired) electrons. The van der Waals surface area contributed by atoms with Gasteiger partial charge in [-0.25, -0.2) is 0 Å². The maximum atomic E-state index is 14.2. The SMILES string of the molecule is COP(C)(=O)OC[C@@H]1C[C@@H](C)CN1C(=O)CCCCCCCCCCC(=O)CC(COCCC(=O)NCCCNC(=O)CCCCOC1OC(CO)C(O)C(O)C1NC(C)=O)(COCCC(=O)NCCCNC(=O)CCCCOC1OC(CO)C(O)C(O)C1NC(C)=O)COCCC(=O)NCCCNC(=O)CCCCOC1OC(CO)C(O)C(O)C1NC(C)=O. The number of amides is 10. The Labute approximate surface area is 733 Å². The van der Waals surface area contributed by atoms with E-state index in [-0.39, 0.29) is 210 Å². The lowest BCUT2D eigenvalue weighted by atomic mass is 9.84. The minimum Gasteiger partial charge on any atom is -0.394 e. The number of hydrogen-bond donors (Lipinski definition) is 18. The van der Waals surface area contributed by atoms with Gasteiger partial charge in [-0.05, 0) is 83.0 Å². The minimum absolute atomic E-state index is 0.0513. The van der Waals surface area contributed by atoms with Crippen molar-refractivity contribution in [1.29, 1.82) is 0 Å². The normalized spacial score (nSPS) is 25.3. The lowest BCUT2D eigenvalue weighted by molar-refractivity contribution is -0.270. The Hall–Kier alpha value is -6.20. The molecule has 0 aromatic carbocycles. The Kier molecular flexibility index (Phi) is 55.9. The lowest BCUT2D eigenvalue weighted by Gasteiger charge is -2.42. The van der Waals surface area contributed by atoms with E-state index in [0.717, 1.165) is 51.4 Å². The van der Waals surface area contributed by atoms with Crippen LogP contribution in [0.5, 0.6) is 0 Å². The van der Waals surface area contributed by atoms with Crippen molar-refractivity contribution in [2.45, 2.75) is 299 Å². The Morgan fingerprint density at radius 1 is 0.408 bits per heavy atom.